The van der Waals surface area contributed by atoms with Gasteiger partial charge in [0, 0.05) is 24.5 Å². The number of aromatic nitrogens is 1. The predicted octanol–water partition coefficient (Wildman–Crippen LogP) is 2.77. The second-order valence-electron chi connectivity index (χ2n) is 6.90. The molecule has 0 saturated carbocycles. The van der Waals surface area contributed by atoms with Gasteiger partial charge in [0.15, 0.2) is 0 Å². The Kier molecular flexibility index (Phi) is 4.80. The Morgan fingerprint density at radius 2 is 2.12 bits per heavy atom. The first-order valence-corrected chi connectivity index (χ1v) is 8.71. The molecule has 2 N–H and O–H groups in total. The summed E-state index contributed by atoms with van der Waals surface area (Å²) in [6.45, 7) is 2.47. The molecule has 138 valence electrons. The van der Waals surface area contributed by atoms with Gasteiger partial charge in [-0.3, -0.25) is 14.4 Å². The monoisotopic (exact) mass is 360 g/mol. The highest BCUT2D eigenvalue weighted by Crippen LogP contribution is 2.36. The molecule has 7 heteroatoms. The zero-order valence-corrected chi connectivity index (χ0v) is 14.5. The third-order valence-corrected chi connectivity index (χ3v) is 5.08. The normalized spacial score (nSPS) is 20.3. The van der Waals surface area contributed by atoms with Crippen LogP contribution in [0.5, 0.6) is 0 Å². The number of pyridine rings is 1. The van der Waals surface area contributed by atoms with Gasteiger partial charge in [-0.15, -0.1) is 0 Å². The third kappa shape index (κ3) is 3.21. The van der Waals surface area contributed by atoms with Gasteiger partial charge in [-0.05, 0) is 37.5 Å². The van der Waals surface area contributed by atoms with Crippen molar-refractivity contribution in [2.75, 3.05) is 13.1 Å². The van der Waals surface area contributed by atoms with Crippen molar-refractivity contribution in [1.82, 2.24) is 9.88 Å². The smallest absolute Gasteiger partial charge is 0.311 e. The number of benzene rings is 1. The number of fused-ring (bicyclic) bond motifs is 1. The Bertz CT molecular complexity index is 919. The fourth-order valence-electron chi connectivity index (χ4n) is 3.85. The van der Waals surface area contributed by atoms with Crippen molar-refractivity contribution < 1.29 is 19.1 Å². The number of piperidine rings is 1. The number of amides is 1. The summed E-state index contributed by atoms with van der Waals surface area (Å²) in [6.07, 6.45) is 2.32. The van der Waals surface area contributed by atoms with Gasteiger partial charge in [-0.25, -0.2) is 4.39 Å². The third-order valence-electron chi connectivity index (χ3n) is 5.08. The number of halogens is 1. The molecule has 1 aromatic carbocycles. The molecule has 0 spiro atoms. The minimum atomic E-state index is -0.953. The first-order valence-electron chi connectivity index (χ1n) is 8.71. The Hall–Kier alpha value is -2.70. The number of aliphatic carboxylic acids is 1. The Labute approximate surface area is 149 Å². The van der Waals surface area contributed by atoms with Crippen molar-refractivity contribution in [3.8, 4) is 0 Å². The van der Waals surface area contributed by atoms with E-state index in [1.165, 1.54) is 29.2 Å². The van der Waals surface area contributed by atoms with Gasteiger partial charge in [0.25, 0.3) is 5.91 Å². The largest absolute Gasteiger partial charge is 0.481 e. The molecule has 1 saturated heterocycles. The number of aromatic amines is 1. The molecule has 1 amide bonds. The van der Waals surface area contributed by atoms with Crippen molar-refractivity contribution in [1.29, 1.82) is 0 Å². The topological polar surface area (TPSA) is 90.5 Å². The lowest BCUT2D eigenvalue weighted by molar-refractivity contribution is -0.152. The Morgan fingerprint density at radius 1 is 1.35 bits per heavy atom. The molecule has 1 fully saturated rings. The van der Waals surface area contributed by atoms with Crippen LogP contribution in [0.4, 0.5) is 4.39 Å². The van der Waals surface area contributed by atoms with Gasteiger partial charge in [-0.1, -0.05) is 13.3 Å². The van der Waals surface area contributed by atoms with Crippen LogP contribution >= 0.6 is 0 Å². The number of carboxylic acids is 1. The minimum absolute atomic E-state index is 0.116. The van der Waals surface area contributed by atoms with Gasteiger partial charge in [0.2, 0.25) is 5.56 Å². The molecular formula is C19H21FN2O4. The maximum Gasteiger partial charge on any atom is 0.311 e. The SMILES string of the molecule is CCC[C@]1(C(=O)O)CCCN(C(=O)c2cc(=O)[nH]c3cc(F)ccc23)C1. The molecule has 3 rings (SSSR count). The Balaban J connectivity index is 2.00. The summed E-state index contributed by atoms with van der Waals surface area (Å²) in [5, 5.41) is 10.1. The van der Waals surface area contributed by atoms with E-state index in [-0.39, 0.29) is 17.6 Å². The average Bonchev–Trinajstić information content (AvgIpc) is 2.60. The molecule has 1 aromatic heterocycles. The summed E-state index contributed by atoms with van der Waals surface area (Å²) in [7, 11) is 0. The van der Waals surface area contributed by atoms with Crippen LogP contribution in [0.25, 0.3) is 10.9 Å². The van der Waals surface area contributed by atoms with E-state index in [9.17, 15) is 23.9 Å². The van der Waals surface area contributed by atoms with Crippen molar-refractivity contribution in [3.05, 3.63) is 46.0 Å². The lowest BCUT2D eigenvalue weighted by atomic mass is 9.76. The molecule has 1 aliphatic heterocycles. The van der Waals surface area contributed by atoms with E-state index in [0.717, 1.165) is 0 Å². The molecule has 6 nitrogen and oxygen atoms in total. The van der Waals surface area contributed by atoms with E-state index in [2.05, 4.69) is 4.98 Å². The number of hydrogen-bond donors (Lipinski definition) is 2. The molecule has 0 bridgehead atoms. The molecule has 0 radical (unpaired) electrons. The van der Waals surface area contributed by atoms with E-state index in [1.807, 2.05) is 6.92 Å². The molecule has 2 aromatic rings. The highest BCUT2D eigenvalue weighted by molar-refractivity contribution is 6.06. The van der Waals surface area contributed by atoms with Crippen molar-refractivity contribution in [3.63, 3.8) is 0 Å². The number of carbonyl (C=O) groups is 2. The summed E-state index contributed by atoms with van der Waals surface area (Å²) in [5.41, 5.74) is -1.04. The highest BCUT2D eigenvalue weighted by atomic mass is 19.1. The van der Waals surface area contributed by atoms with Gasteiger partial charge >= 0.3 is 5.97 Å². The number of hydrogen-bond acceptors (Lipinski definition) is 3. The maximum absolute atomic E-state index is 13.4. The van der Waals surface area contributed by atoms with Crippen LogP contribution in [0.3, 0.4) is 0 Å². The quantitative estimate of drug-likeness (QED) is 0.877. The van der Waals surface area contributed by atoms with Gasteiger partial charge in [0.05, 0.1) is 16.5 Å². The Morgan fingerprint density at radius 3 is 2.81 bits per heavy atom. The van der Waals surface area contributed by atoms with Crippen LogP contribution in [0.15, 0.2) is 29.1 Å². The van der Waals surface area contributed by atoms with E-state index >= 15 is 0 Å². The molecule has 1 atom stereocenters. The molecular weight excluding hydrogens is 339 g/mol. The van der Waals surface area contributed by atoms with Crippen LogP contribution < -0.4 is 5.56 Å². The number of H-pyrrole nitrogens is 1. The highest BCUT2D eigenvalue weighted by Gasteiger charge is 2.43. The minimum Gasteiger partial charge on any atom is -0.481 e. The van der Waals surface area contributed by atoms with E-state index in [0.29, 0.717) is 37.6 Å². The summed E-state index contributed by atoms with van der Waals surface area (Å²) >= 11 is 0. The van der Waals surface area contributed by atoms with Crippen molar-refractivity contribution >= 4 is 22.8 Å². The van der Waals surface area contributed by atoms with Gasteiger partial charge in [-0.2, -0.15) is 0 Å². The molecule has 26 heavy (non-hydrogen) atoms. The number of likely N-dealkylation sites (tertiary alicyclic amines) is 1. The zero-order valence-electron chi connectivity index (χ0n) is 14.5. The standard InChI is InChI=1S/C19H21FN2O4/c1-2-6-19(18(25)26)7-3-8-22(11-19)17(24)14-10-16(23)21-15-9-12(20)4-5-13(14)15/h4-5,9-10H,2-3,6-8,11H2,1H3,(H,21,23)(H,25,26)/t19-/m0/s1. The number of nitrogens with zero attached hydrogens (tertiary/aromatic N) is 1. The second kappa shape index (κ2) is 6.90. The van der Waals surface area contributed by atoms with E-state index in [1.54, 1.807) is 0 Å². The summed E-state index contributed by atoms with van der Waals surface area (Å²) in [4.78, 5) is 40.8. The fraction of sp³-hybridized carbons (Fsp3) is 0.421. The number of rotatable bonds is 4. The lowest BCUT2D eigenvalue weighted by Crippen LogP contribution is -2.50. The average molecular weight is 360 g/mol. The van der Waals surface area contributed by atoms with Crippen LogP contribution in [-0.2, 0) is 4.79 Å². The predicted molar refractivity (Wildman–Crippen MR) is 94.6 cm³/mol. The first kappa shape index (κ1) is 18.1. The summed E-state index contributed by atoms with van der Waals surface area (Å²) < 4.78 is 13.4. The molecule has 2 heterocycles. The van der Waals surface area contributed by atoms with E-state index in [4.69, 9.17) is 0 Å². The van der Waals surface area contributed by atoms with Crippen LogP contribution in [0.1, 0.15) is 43.0 Å². The molecule has 1 aliphatic rings. The lowest BCUT2D eigenvalue weighted by Gasteiger charge is -2.40. The van der Waals surface area contributed by atoms with Gasteiger partial charge in [0.1, 0.15) is 5.82 Å². The van der Waals surface area contributed by atoms with Crippen LogP contribution in [0, 0.1) is 11.2 Å². The molecule has 0 unspecified atom stereocenters. The van der Waals surface area contributed by atoms with Crippen LogP contribution in [-0.4, -0.2) is 40.0 Å². The van der Waals surface area contributed by atoms with E-state index < -0.39 is 28.7 Å². The summed E-state index contributed by atoms with van der Waals surface area (Å²) in [5.74, 6) is -1.80. The summed E-state index contributed by atoms with van der Waals surface area (Å²) in [6, 6.07) is 5.04. The van der Waals surface area contributed by atoms with Gasteiger partial charge < -0.3 is 15.0 Å². The molecule has 0 aliphatic carbocycles. The number of carboxylic acid groups (broad SMARTS) is 1. The fourth-order valence-corrected chi connectivity index (χ4v) is 3.85. The van der Waals surface area contributed by atoms with Crippen molar-refractivity contribution in [2.45, 2.75) is 32.6 Å². The first-order chi connectivity index (χ1) is 12.4. The zero-order chi connectivity index (χ0) is 18.9. The van der Waals surface area contributed by atoms with Crippen LogP contribution in [0.2, 0.25) is 0 Å². The number of nitrogens with one attached hydrogen (secondary N) is 1. The number of carbonyl (C=O) groups excluding carboxylic acids is 1. The second-order valence-corrected chi connectivity index (χ2v) is 6.90. The maximum atomic E-state index is 13.4. The van der Waals surface area contributed by atoms with Crippen molar-refractivity contribution in [2.24, 2.45) is 5.41 Å².